The van der Waals surface area contributed by atoms with Crippen molar-refractivity contribution in [1.29, 1.82) is 0 Å². The van der Waals surface area contributed by atoms with E-state index in [1.54, 1.807) is 6.92 Å². The Balaban J connectivity index is 2.69. The first kappa shape index (κ1) is 18.2. The number of aryl methyl sites for hydroxylation is 1. The summed E-state index contributed by atoms with van der Waals surface area (Å²) in [6.07, 6.45) is -0.260. The van der Waals surface area contributed by atoms with Crippen molar-refractivity contribution in [3.63, 3.8) is 0 Å². The Morgan fingerprint density at radius 2 is 1.84 bits per heavy atom. The van der Waals surface area contributed by atoms with Crippen molar-refractivity contribution in [2.24, 2.45) is 0 Å². The number of esters is 1. The summed E-state index contributed by atoms with van der Waals surface area (Å²) in [4.78, 5) is 26.7. The van der Waals surface area contributed by atoms with Gasteiger partial charge in [-0.15, -0.1) is 0 Å². The molecule has 0 saturated carbocycles. The fraction of sp³-hybridized carbons (Fsp3) is 0.294. The molecule has 8 nitrogen and oxygen atoms in total. The van der Waals surface area contributed by atoms with Gasteiger partial charge < -0.3 is 29.8 Å². The molecule has 2 aromatic rings. The summed E-state index contributed by atoms with van der Waals surface area (Å²) in [5.74, 6) is -2.81. The first-order valence-corrected chi connectivity index (χ1v) is 7.38. The lowest BCUT2D eigenvalue weighted by Crippen LogP contribution is -2.20. The summed E-state index contributed by atoms with van der Waals surface area (Å²) in [7, 11) is 2.50. The van der Waals surface area contributed by atoms with Crippen LogP contribution in [0.25, 0.3) is 0 Å². The molecule has 25 heavy (non-hydrogen) atoms. The van der Waals surface area contributed by atoms with Crippen LogP contribution in [0.3, 0.4) is 0 Å². The van der Waals surface area contributed by atoms with Crippen molar-refractivity contribution in [2.45, 2.75) is 19.3 Å². The Labute approximate surface area is 143 Å². The number of methoxy groups -OCH3 is 2. The molecule has 0 radical (unpaired) electrons. The maximum atomic E-state index is 12.3. The molecule has 2 rings (SSSR count). The van der Waals surface area contributed by atoms with E-state index in [-0.39, 0.29) is 23.5 Å². The number of hydrogen-bond donors (Lipinski definition) is 4. The smallest absolute Gasteiger partial charge is 0.306 e. The molecular formula is C17H19NO7. The molecule has 134 valence electrons. The van der Waals surface area contributed by atoms with Crippen LogP contribution in [0, 0.1) is 6.92 Å². The number of ether oxygens (including phenoxy) is 2. The van der Waals surface area contributed by atoms with E-state index in [0.29, 0.717) is 11.3 Å². The van der Waals surface area contributed by atoms with Gasteiger partial charge in [-0.05, 0) is 30.7 Å². The summed E-state index contributed by atoms with van der Waals surface area (Å²) < 4.78 is 9.65. The van der Waals surface area contributed by atoms with E-state index in [1.165, 1.54) is 32.4 Å². The third-order valence-electron chi connectivity index (χ3n) is 3.83. The number of phenolic OH excluding ortho intramolecular Hbond substituents is 2. The van der Waals surface area contributed by atoms with Crippen molar-refractivity contribution in [1.82, 2.24) is 4.98 Å². The highest BCUT2D eigenvalue weighted by atomic mass is 16.5. The predicted octanol–water partition coefficient (Wildman–Crippen LogP) is 1.50. The van der Waals surface area contributed by atoms with E-state index in [0.717, 1.165) is 0 Å². The van der Waals surface area contributed by atoms with E-state index in [4.69, 9.17) is 4.74 Å². The molecule has 4 N–H and O–H groups in total. The van der Waals surface area contributed by atoms with Gasteiger partial charge in [0, 0.05) is 11.6 Å². The van der Waals surface area contributed by atoms with E-state index in [9.17, 15) is 24.9 Å². The molecule has 0 aliphatic heterocycles. The van der Waals surface area contributed by atoms with Gasteiger partial charge in [0.05, 0.1) is 26.2 Å². The number of nitrogens with one attached hydrogen (secondary N) is 1. The second kappa shape index (κ2) is 7.16. The average molecular weight is 349 g/mol. The molecule has 8 heteroatoms. The van der Waals surface area contributed by atoms with Gasteiger partial charge >= 0.3 is 5.97 Å². The van der Waals surface area contributed by atoms with Gasteiger partial charge in [0.25, 0.3) is 5.56 Å². The number of benzene rings is 1. The molecule has 0 spiro atoms. The van der Waals surface area contributed by atoms with Gasteiger partial charge in [-0.25, -0.2) is 0 Å². The highest BCUT2D eigenvalue weighted by Gasteiger charge is 2.27. The van der Waals surface area contributed by atoms with Gasteiger partial charge in [0.1, 0.15) is 5.75 Å². The first-order chi connectivity index (χ1) is 11.8. The average Bonchev–Trinajstić information content (AvgIpc) is 2.55. The molecule has 1 aromatic carbocycles. The van der Waals surface area contributed by atoms with Gasteiger partial charge in [0.15, 0.2) is 11.5 Å². The molecule has 0 aliphatic rings. The van der Waals surface area contributed by atoms with Crippen LogP contribution in [0.2, 0.25) is 0 Å². The quantitative estimate of drug-likeness (QED) is 0.475. The minimum atomic E-state index is -0.919. The minimum Gasteiger partial charge on any atom is -0.507 e. The number of aromatic amines is 1. The van der Waals surface area contributed by atoms with E-state index in [1.807, 2.05) is 0 Å². The van der Waals surface area contributed by atoms with Crippen LogP contribution < -0.4 is 10.3 Å². The third-order valence-corrected chi connectivity index (χ3v) is 3.83. The molecule has 1 aromatic heterocycles. The summed E-state index contributed by atoms with van der Waals surface area (Å²) >= 11 is 0. The number of pyridine rings is 1. The first-order valence-electron chi connectivity index (χ1n) is 7.38. The molecular weight excluding hydrogens is 330 g/mol. The number of aromatic hydroxyl groups is 3. The van der Waals surface area contributed by atoms with Crippen molar-refractivity contribution in [3.8, 4) is 23.0 Å². The number of rotatable bonds is 5. The van der Waals surface area contributed by atoms with Crippen molar-refractivity contribution in [3.05, 3.63) is 45.4 Å². The Morgan fingerprint density at radius 1 is 1.16 bits per heavy atom. The maximum absolute atomic E-state index is 12.3. The molecule has 0 amide bonds. The number of carbonyl (C=O) groups excluding carboxylic acids is 1. The Bertz CT molecular complexity index is 857. The number of aromatic nitrogens is 1. The normalized spacial score (nSPS) is 11.8. The lowest BCUT2D eigenvalue weighted by Gasteiger charge is -2.19. The highest BCUT2D eigenvalue weighted by Crippen LogP contribution is 2.41. The zero-order valence-electron chi connectivity index (χ0n) is 14.0. The zero-order valence-corrected chi connectivity index (χ0v) is 14.0. The van der Waals surface area contributed by atoms with Crippen molar-refractivity contribution >= 4 is 5.97 Å². The van der Waals surface area contributed by atoms with Crippen LogP contribution in [0.5, 0.6) is 23.0 Å². The van der Waals surface area contributed by atoms with Crippen molar-refractivity contribution < 1.29 is 29.6 Å². The van der Waals surface area contributed by atoms with Crippen molar-refractivity contribution in [2.75, 3.05) is 14.2 Å². The minimum absolute atomic E-state index is 0.0344. The molecule has 1 heterocycles. The summed E-state index contributed by atoms with van der Waals surface area (Å²) in [6.45, 7) is 1.61. The summed E-state index contributed by atoms with van der Waals surface area (Å²) in [5.41, 5.74) is 0.123. The fourth-order valence-electron chi connectivity index (χ4n) is 2.63. The van der Waals surface area contributed by atoms with E-state index in [2.05, 4.69) is 9.72 Å². The van der Waals surface area contributed by atoms with Gasteiger partial charge in [-0.2, -0.15) is 0 Å². The van der Waals surface area contributed by atoms with Crippen LogP contribution in [0.1, 0.15) is 29.2 Å². The Kier molecular flexibility index (Phi) is 5.21. The SMILES string of the molecule is COC(=O)C[C@@H](c1cc(O)c(O)c(OC)c1)c1c(O)cc(C)[nH]c1=O. The predicted molar refractivity (Wildman–Crippen MR) is 88.3 cm³/mol. The Morgan fingerprint density at radius 3 is 2.40 bits per heavy atom. The second-order valence-corrected chi connectivity index (χ2v) is 5.50. The van der Waals surface area contributed by atoms with E-state index < -0.39 is 28.9 Å². The van der Waals surface area contributed by atoms with Crippen LogP contribution in [0.4, 0.5) is 0 Å². The Hall–Kier alpha value is -3.16. The highest BCUT2D eigenvalue weighted by molar-refractivity contribution is 5.72. The number of H-pyrrole nitrogens is 1. The molecule has 0 fully saturated rings. The fourth-order valence-corrected chi connectivity index (χ4v) is 2.63. The number of phenols is 2. The number of hydrogen-bond acceptors (Lipinski definition) is 7. The lowest BCUT2D eigenvalue weighted by atomic mass is 9.88. The second-order valence-electron chi connectivity index (χ2n) is 5.50. The summed E-state index contributed by atoms with van der Waals surface area (Å²) in [5, 5.41) is 29.9. The monoisotopic (exact) mass is 349 g/mol. The van der Waals surface area contributed by atoms with Gasteiger partial charge in [-0.1, -0.05) is 0 Å². The van der Waals surface area contributed by atoms with Gasteiger partial charge in [0.2, 0.25) is 5.75 Å². The molecule has 0 aliphatic carbocycles. The molecule has 0 saturated heterocycles. The maximum Gasteiger partial charge on any atom is 0.306 e. The van der Waals surface area contributed by atoms with Gasteiger partial charge in [-0.3, -0.25) is 9.59 Å². The van der Waals surface area contributed by atoms with Crippen LogP contribution in [0.15, 0.2) is 23.0 Å². The standard InChI is InChI=1S/C17H19NO7/c1-8-4-11(19)15(17(23)18-8)10(7-14(21)25-3)9-5-12(20)16(22)13(6-9)24-2/h4-6,10,20,22H,7H2,1-3H3,(H2,18,19,23)/t10-/m0/s1. The van der Waals surface area contributed by atoms with Crippen LogP contribution in [-0.2, 0) is 9.53 Å². The topological polar surface area (TPSA) is 129 Å². The molecule has 0 unspecified atom stereocenters. The zero-order chi connectivity index (χ0) is 18.7. The lowest BCUT2D eigenvalue weighted by molar-refractivity contribution is -0.140. The molecule has 1 atom stereocenters. The number of carbonyl (C=O) groups is 1. The van der Waals surface area contributed by atoms with E-state index >= 15 is 0 Å². The van der Waals surface area contributed by atoms with Crippen LogP contribution in [-0.4, -0.2) is 40.5 Å². The summed E-state index contributed by atoms with van der Waals surface area (Å²) in [6, 6.07) is 3.93. The largest absolute Gasteiger partial charge is 0.507 e. The third kappa shape index (κ3) is 3.68. The molecule has 0 bridgehead atoms. The van der Waals surface area contributed by atoms with Crippen LogP contribution >= 0.6 is 0 Å².